The van der Waals surface area contributed by atoms with Crippen molar-refractivity contribution in [1.29, 1.82) is 0 Å². The lowest BCUT2D eigenvalue weighted by molar-refractivity contribution is 0.197. The Hall–Kier alpha value is -1.26. The number of hydrogen-bond donors (Lipinski definition) is 3. The average Bonchev–Trinajstić information content (AvgIpc) is 2.36. The van der Waals surface area contributed by atoms with Gasteiger partial charge in [0, 0.05) is 5.02 Å². The van der Waals surface area contributed by atoms with E-state index in [9.17, 15) is 4.79 Å². The van der Waals surface area contributed by atoms with Crippen LogP contribution in [0.15, 0.2) is 24.3 Å². The maximum absolute atomic E-state index is 11.9. The molecule has 20 heavy (non-hydrogen) atoms. The fourth-order valence-electron chi connectivity index (χ4n) is 2.37. The third kappa shape index (κ3) is 3.87. The Labute approximate surface area is 124 Å². The highest BCUT2D eigenvalue weighted by Gasteiger charge is 2.29. The minimum Gasteiger partial charge on any atom is -0.394 e. The van der Waals surface area contributed by atoms with Crippen LogP contribution in [-0.2, 0) is 0 Å². The summed E-state index contributed by atoms with van der Waals surface area (Å²) in [5.41, 5.74) is 1.07. The number of benzene rings is 1. The van der Waals surface area contributed by atoms with Gasteiger partial charge in [0.15, 0.2) is 0 Å². The predicted molar refractivity (Wildman–Crippen MR) is 79.7 cm³/mol. The van der Waals surface area contributed by atoms with Crippen LogP contribution in [0, 0.1) is 5.92 Å². The van der Waals surface area contributed by atoms with Gasteiger partial charge in [0.05, 0.1) is 18.7 Å². The van der Waals surface area contributed by atoms with Crippen LogP contribution in [0.4, 0.5) is 4.79 Å². The molecule has 5 heteroatoms. The zero-order valence-electron chi connectivity index (χ0n) is 11.6. The molecule has 0 heterocycles. The summed E-state index contributed by atoms with van der Waals surface area (Å²) in [6.07, 6.45) is 3.47. The van der Waals surface area contributed by atoms with E-state index in [-0.39, 0.29) is 24.7 Å². The largest absolute Gasteiger partial charge is 0.394 e. The number of carbonyl (C=O) groups excluding carboxylic acids is 1. The van der Waals surface area contributed by atoms with E-state index in [0.717, 1.165) is 18.4 Å². The van der Waals surface area contributed by atoms with E-state index in [1.54, 1.807) is 6.92 Å². The molecule has 1 aliphatic carbocycles. The van der Waals surface area contributed by atoms with Gasteiger partial charge in [-0.1, -0.05) is 30.2 Å². The van der Waals surface area contributed by atoms with Gasteiger partial charge < -0.3 is 15.7 Å². The first kappa shape index (κ1) is 15.1. The average molecular weight is 297 g/mol. The smallest absolute Gasteiger partial charge is 0.315 e. The molecule has 0 aromatic heterocycles. The SMILES string of the molecule is CC(CO)NC(=O)NC(c1ccc(Cl)cc1)C1CCC1. The van der Waals surface area contributed by atoms with Crippen LogP contribution in [0.1, 0.15) is 37.8 Å². The minimum absolute atomic E-state index is 0.00640. The first-order valence-corrected chi connectivity index (χ1v) is 7.41. The Morgan fingerprint density at radius 1 is 1.35 bits per heavy atom. The Morgan fingerprint density at radius 2 is 2.00 bits per heavy atom. The number of aliphatic hydroxyl groups excluding tert-OH is 1. The number of aliphatic hydroxyl groups is 1. The normalized spacial score (nSPS) is 17.9. The van der Waals surface area contributed by atoms with Gasteiger partial charge in [-0.15, -0.1) is 0 Å². The maximum Gasteiger partial charge on any atom is 0.315 e. The summed E-state index contributed by atoms with van der Waals surface area (Å²) in [5, 5.41) is 15.4. The molecule has 2 rings (SSSR count). The van der Waals surface area contributed by atoms with Gasteiger partial charge in [-0.05, 0) is 43.4 Å². The molecule has 0 spiro atoms. The quantitative estimate of drug-likeness (QED) is 0.782. The van der Waals surface area contributed by atoms with Gasteiger partial charge in [-0.25, -0.2) is 4.79 Å². The molecule has 2 unspecified atom stereocenters. The second kappa shape index (κ2) is 6.95. The van der Waals surface area contributed by atoms with E-state index in [1.807, 2.05) is 24.3 Å². The summed E-state index contributed by atoms with van der Waals surface area (Å²) >= 11 is 5.91. The van der Waals surface area contributed by atoms with E-state index in [1.165, 1.54) is 6.42 Å². The lowest BCUT2D eigenvalue weighted by Gasteiger charge is -2.35. The standard InChI is InChI=1S/C15H21ClN2O2/c1-10(9-19)17-15(20)18-14(11-3-2-4-11)12-5-7-13(16)8-6-12/h5-8,10-11,14,19H,2-4,9H2,1H3,(H2,17,18,20). The van der Waals surface area contributed by atoms with E-state index in [2.05, 4.69) is 10.6 Å². The van der Waals surface area contributed by atoms with Gasteiger partial charge >= 0.3 is 6.03 Å². The molecule has 2 amide bonds. The molecule has 2 atom stereocenters. The van der Waals surface area contributed by atoms with Crippen LogP contribution in [0.3, 0.4) is 0 Å². The summed E-state index contributed by atoms with van der Waals surface area (Å²) in [7, 11) is 0. The molecule has 3 N–H and O–H groups in total. The number of nitrogens with one attached hydrogen (secondary N) is 2. The molecule has 1 saturated carbocycles. The van der Waals surface area contributed by atoms with Crippen LogP contribution in [0.2, 0.25) is 5.02 Å². The van der Waals surface area contributed by atoms with Gasteiger partial charge in [0.25, 0.3) is 0 Å². The van der Waals surface area contributed by atoms with E-state index < -0.39 is 0 Å². The number of hydrogen-bond acceptors (Lipinski definition) is 2. The predicted octanol–water partition coefficient (Wildman–Crippen LogP) is 2.86. The monoisotopic (exact) mass is 296 g/mol. The summed E-state index contributed by atoms with van der Waals surface area (Å²) in [6, 6.07) is 7.13. The highest BCUT2D eigenvalue weighted by molar-refractivity contribution is 6.30. The zero-order chi connectivity index (χ0) is 14.5. The maximum atomic E-state index is 11.9. The second-order valence-corrected chi connectivity index (χ2v) is 5.86. The Kier molecular flexibility index (Phi) is 5.26. The molecule has 0 bridgehead atoms. The fourth-order valence-corrected chi connectivity index (χ4v) is 2.49. The summed E-state index contributed by atoms with van der Waals surface area (Å²) in [4.78, 5) is 11.9. The van der Waals surface area contributed by atoms with Crippen LogP contribution in [0.5, 0.6) is 0 Å². The number of halogens is 1. The van der Waals surface area contributed by atoms with Crippen LogP contribution >= 0.6 is 11.6 Å². The first-order chi connectivity index (χ1) is 9.60. The third-order valence-electron chi connectivity index (χ3n) is 3.79. The molecular formula is C15H21ClN2O2. The molecule has 4 nitrogen and oxygen atoms in total. The van der Waals surface area contributed by atoms with Gasteiger partial charge in [-0.2, -0.15) is 0 Å². The van der Waals surface area contributed by atoms with Crippen molar-refractivity contribution in [1.82, 2.24) is 10.6 Å². The second-order valence-electron chi connectivity index (χ2n) is 5.42. The summed E-state index contributed by atoms with van der Waals surface area (Å²) < 4.78 is 0. The number of rotatable bonds is 5. The Morgan fingerprint density at radius 3 is 2.50 bits per heavy atom. The van der Waals surface area contributed by atoms with Crippen molar-refractivity contribution in [2.75, 3.05) is 6.61 Å². The molecule has 1 fully saturated rings. The van der Waals surface area contributed by atoms with Crippen LogP contribution in [-0.4, -0.2) is 23.8 Å². The van der Waals surface area contributed by atoms with E-state index >= 15 is 0 Å². The lowest BCUT2D eigenvalue weighted by atomic mass is 9.77. The molecule has 1 aliphatic rings. The Balaban J connectivity index is 2.04. The molecular weight excluding hydrogens is 276 g/mol. The highest BCUT2D eigenvalue weighted by atomic mass is 35.5. The molecule has 0 saturated heterocycles. The van der Waals surface area contributed by atoms with E-state index in [0.29, 0.717) is 10.9 Å². The minimum atomic E-state index is -0.248. The lowest BCUT2D eigenvalue weighted by Crippen LogP contribution is -2.46. The van der Waals surface area contributed by atoms with E-state index in [4.69, 9.17) is 16.7 Å². The van der Waals surface area contributed by atoms with Crippen molar-refractivity contribution >= 4 is 17.6 Å². The molecule has 110 valence electrons. The first-order valence-electron chi connectivity index (χ1n) is 7.03. The third-order valence-corrected chi connectivity index (χ3v) is 4.04. The molecule has 1 aromatic carbocycles. The topological polar surface area (TPSA) is 61.4 Å². The molecule has 0 aliphatic heterocycles. The van der Waals surface area contributed by atoms with Gasteiger partial charge in [-0.3, -0.25) is 0 Å². The van der Waals surface area contributed by atoms with Crippen molar-refractivity contribution in [2.24, 2.45) is 5.92 Å². The molecule has 0 radical (unpaired) electrons. The molecule has 1 aromatic rings. The van der Waals surface area contributed by atoms with Gasteiger partial charge in [0.1, 0.15) is 0 Å². The van der Waals surface area contributed by atoms with Crippen molar-refractivity contribution in [2.45, 2.75) is 38.3 Å². The van der Waals surface area contributed by atoms with Crippen molar-refractivity contribution in [3.05, 3.63) is 34.9 Å². The number of amides is 2. The van der Waals surface area contributed by atoms with Crippen molar-refractivity contribution < 1.29 is 9.90 Å². The van der Waals surface area contributed by atoms with Crippen LogP contribution in [0.25, 0.3) is 0 Å². The van der Waals surface area contributed by atoms with Crippen molar-refractivity contribution in [3.8, 4) is 0 Å². The van der Waals surface area contributed by atoms with Crippen molar-refractivity contribution in [3.63, 3.8) is 0 Å². The highest BCUT2D eigenvalue weighted by Crippen LogP contribution is 2.37. The number of carbonyl (C=O) groups is 1. The fraction of sp³-hybridized carbons (Fsp3) is 0.533. The van der Waals surface area contributed by atoms with Crippen LogP contribution < -0.4 is 10.6 Å². The summed E-state index contributed by atoms with van der Waals surface area (Å²) in [6.45, 7) is 1.70. The zero-order valence-corrected chi connectivity index (χ0v) is 12.4. The summed E-state index contributed by atoms with van der Waals surface area (Å²) in [5.74, 6) is 0.478. The Bertz CT molecular complexity index is 446. The van der Waals surface area contributed by atoms with Gasteiger partial charge in [0.2, 0.25) is 0 Å². The number of urea groups is 1.